The zero-order chi connectivity index (χ0) is 23.2. The van der Waals surface area contributed by atoms with Crippen LogP contribution < -0.4 is 10.2 Å². The van der Waals surface area contributed by atoms with Crippen LogP contribution in [-0.4, -0.2) is 29.9 Å². The monoisotopic (exact) mass is 454 g/mol. The molecule has 0 radical (unpaired) electrons. The number of anilines is 2. The number of nitrogens with zero attached hydrogens (tertiary/aromatic N) is 3. The van der Waals surface area contributed by atoms with Crippen LogP contribution in [-0.2, 0) is 4.74 Å². The standard InChI is InChI=1S/C28H30N4O2/c1-18(19-4-5-19)34-28(33)30-21-8-6-20(7-9-21)27-25(17-29)24-13-12-23(31-14-2-3-15-31)16-26(24)32(27)22-10-11-22/h6-9,12-13,16,18-19,22H,2-5,10-11,14-15H2,1H3,(H,30,33)/t18-/m1/s1. The summed E-state index contributed by atoms with van der Waals surface area (Å²) >= 11 is 0. The molecular weight excluding hydrogens is 424 g/mol. The van der Waals surface area contributed by atoms with Crippen LogP contribution in [0, 0.1) is 17.2 Å². The highest BCUT2D eigenvalue weighted by Crippen LogP contribution is 2.45. The van der Waals surface area contributed by atoms with Gasteiger partial charge in [-0.05, 0) is 87.3 Å². The number of nitrogens with one attached hydrogen (secondary N) is 1. The summed E-state index contributed by atoms with van der Waals surface area (Å²) in [4.78, 5) is 14.7. The van der Waals surface area contributed by atoms with E-state index >= 15 is 0 Å². The molecule has 174 valence electrons. The number of aromatic nitrogens is 1. The van der Waals surface area contributed by atoms with Crippen LogP contribution in [0.4, 0.5) is 16.2 Å². The summed E-state index contributed by atoms with van der Waals surface area (Å²) < 4.78 is 7.86. The van der Waals surface area contributed by atoms with Crippen molar-refractivity contribution >= 4 is 28.4 Å². The highest BCUT2D eigenvalue weighted by atomic mass is 16.6. The Labute approximate surface area is 200 Å². The highest BCUT2D eigenvalue weighted by molar-refractivity contribution is 5.97. The van der Waals surface area contributed by atoms with E-state index < -0.39 is 6.09 Å². The van der Waals surface area contributed by atoms with Gasteiger partial charge in [0.25, 0.3) is 0 Å². The van der Waals surface area contributed by atoms with Crippen LogP contribution in [0.5, 0.6) is 0 Å². The fourth-order valence-corrected chi connectivity index (χ4v) is 5.27. The van der Waals surface area contributed by atoms with Crippen molar-refractivity contribution in [3.63, 3.8) is 0 Å². The van der Waals surface area contributed by atoms with E-state index in [9.17, 15) is 10.1 Å². The number of carbonyl (C=O) groups excluding carboxylic acids is 1. The highest BCUT2D eigenvalue weighted by Gasteiger charge is 2.32. The van der Waals surface area contributed by atoms with Gasteiger partial charge in [0.2, 0.25) is 0 Å². The maximum Gasteiger partial charge on any atom is 0.411 e. The van der Waals surface area contributed by atoms with Crippen LogP contribution in [0.15, 0.2) is 42.5 Å². The van der Waals surface area contributed by atoms with Gasteiger partial charge in [0.15, 0.2) is 0 Å². The molecule has 6 nitrogen and oxygen atoms in total. The SMILES string of the molecule is C[C@@H](OC(=O)Nc1ccc(-c2c(C#N)c3ccc(N4CCCC4)cc3n2C2CC2)cc1)C1CC1. The third kappa shape index (κ3) is 3.90. The number of ether oxygens (including phenoxy) is 1. The summed E-state index contributed by atoms with van der Waals surface area (Å²) in [5, 5.41) is 14.0. The lowest BCUT2D eigenvalue weighted by Gasteiger charge is -2.18. The van der Waals surface area contributed by atoms with Gasteiger partial charge < -0.3 is 14.2 Å². The normalized spacial score (nSPS) is 18.6. The van der Waals surface area contributed by atoms with Gasteiger partial charge in [0.1, 0.15) is 12.2 Å². The fraction of sp³-hybridized carbons (Fsp3) is 0.429. The Kier molecular flexibility index (Phi) is 5.21. The largest absolute Gasteiger partial charge is 0.446 e. The number of hydrogen-bond acceptors (Lipinski definition) is 4. The van der Waals surface area contributed by atoms with Crippen molar-refractivity contribution < 1.29 is 9.53 Å². The molecule has 1 aliphatic heterocycles. The van der Waals surface area contributed by atoms with E-state index in [0.29, 0.717) is 17.6 Å². The lowest BCUT2D eigenvalue weighted by atomic mass is 10.1. The van der Waals surface area contributed by atoms with E-state index in [4.69, 9.17) is 4.74 Å². The van der Waals surface area contributed by atoms with Crippen molar-refractivity contribution in [3.8, 4) is 17.3 Å². The van der Waals surface area contributed by atoms with E-state index in [1.54, 1.807) is 0 Å². The van der Waals surface area contributed by atoms with Gasteiger partial charge in [0.05, 0.1) is 16.8 Å². The zero-order valence-corrected chi connectivity index (χ0v) is 19.6. The van der Waals surface area contributed by atoms with E-state index in [1.807, 2.05) is 31.2 Å². The number of fused-ring (bicyclic) bond motifs is 1. The first kappa shape index (κ1) is 21.1. The molecule has 1 saturated heterocycles. The quantitative estimate of drug-likeness (QED) is 0.464. The molecule has 6 rings (SSSR count). The molecule has 2 heterocycles. The average molecular weight is 455 g/mol. The first-order valence-corrected chi connectivity index (χ1v) is 12.5. The molecule has 1 amide bonds. The van der Waals surface area contributed by atoms with E-state index in [0.717, 1.165) is 66.5 Å². The first-order chi connectivity index (χ1) is 16.6. The minimum absolute atomic E-state index is 0.0443. The molecule has 1 aromatic heterocycles. The van der Waals surface area contributed by atoms with Gasteiger partial charge in [-0.3, -0.25) is 5.32 Å². The average Bonchev–Trinajstić information content (AvgIpc) is 3.78. The molecule has 3 aromatic rings. The van der Waals surface area contributed by atoms with Crippen molar-refractivity contribution in [2.24, 2.45) is 5.92 Å². The molecule has 3 aliphatic rings. The maximum atomic E-state index is 12.2. The number of rotatable bonds is 6. The summed E-state index contributed by atoms with van der Waals surface area (Å²) in [6, 6.07) is 17.3. The molecule has 3 fully saturated rings. The summed E-state index contributed by atoms with van der Waals surface area (Å²) in [5.74, 6) is 0.507. The van der Waals surface area contributed by atoms with Crippen molar-refractivity contribution in [2.45, 2.75) is 57.6 Å². The summed E-state index contributed by atoms with van der Waals surface area (Å²) in [6.07, 6.45) is 6.58. The molecule has 6 heteroatoms. The number of amides is 1. The van der Waals surface area contributed by atoms with Gasteiger partial charge in [-0.15, -0.1) is 0 Å². The van der Waals surface area contributed by atoms with Gasteiger partial charge in [0, 0.05) is 35.9 Å². The van der Waals surface area contributed by atoms with E-state index in [-0.39, 0.29) is 6.10 Å². The molecule has 1 N–H and O–H groups in total. The maximum absolute atomic E-state index is 12.2. The van der Waals surface area contributed by atoms with Crippen molar-refractivity contribution in [1.29, 1.82) is 5.26 Å². The lowest BCUT2D eigenvalue weighted by Crippen LogP contribution is -2.21. The Bertz CT molecular complexity index is 1270. The van der Waals surface area contributed by atoms with Gasteiger partial charge in [-0.1, -0.05) is 12.1 Å². The Morgan fingerprint density at radius 3 is 2.47 bits per heavy atom. The summed E-state index contributed by atoms with van der Waals surface area (Å²) in [7, 11) is 0. The molecule has 0 spiro atoms. The van der Waals surface area contributed by atoms with Gasteiger partial charge in [-0.2, -0.15) is 5.26 Å². The van der Waals surface area contributed by atoms with Crippen LogP contribution in [0.3, 0.4) is 0 Å². The van der Waals surface area contributed by atoms with Crippen LogP contribution in [0.25, 0.3) is 22.2 Å². The molecule has 1 atom stereocenters. The first-order valence-electron chi connectivity index (χ1n) is 12.5. The smallest absolute Gasteiger partial charge is 0.411 e. The van der Waals surface area contributed by atoms with Crippen molar-refractivity contribution in [3.05, 3.63) is 48.0 Å². The Morgan fingerprint density at radius 1 is 1.09 bits per heavy atom. The Morgan fingerprint density at radius 2 is 1.82 bits per heavy atom. The molecule has 2 aliphatic carbocycles. The number of nitriles is 1. The molecule has 0 unspecified atom stereocenters. The lowest BCUT2D eigenvalue weighted by molar-refractivity contribution is 0.108. The third-order valence-electron chi connectivity index (χ3n) is 7.47. The summed E-state index contributed by atoms with van der Waals surface area (Å²) in [5.41, 5.74) is 5.80. The topological polar surface area (TPSA) is 70.3 Å². The number of carbonyl (C=O) groups is 1. The fourth-order valence-electron chi connectivity index (χ4n) is 5.27. The van der Waals surface area contributed by atoms with E-state index in [1.165, 1.54) is 18.5 Å². The predicted octanol–water partition coefficient (Wildman–Crippen LogP) is 6.46. The minimum Gasteiger partial charge on any atom is -0.446 e. The van der Waals surface area contributed by atoms with Gasteiger partial charge >= 0.3 is 6.09 Å². The Balaban J connectivity index is 1.33. The zero-order valence-electron chi connectivity index (χ0n) is 19.6. The second-order valence-corrected chi connectivity index (χ2v) is 9.98. The van der Waals surface area contributed by atoms with Crippen LogP contribution in [0.2, 0.25) is 0 Å². The molecule has 2 saturated carbocycles. The summed E-state index contributed by atoms with van der Waals surface area (Å²) in [6.45, 7) is 4.16. The third-order valence-corrected chi connectivity index (χ3v) is 7.47. The minimum atomic E-state index is -0.411. The molecule has 34 heavy (non-hydrogen) atoms. The second-order valence-electron chi connectivity index (χ2n) is 9.98. The number of hydrogen-bond donors (Lipinski definition) is 1. The van der Waals surface area contributed by atoms with Crippen molar-refractivity contribution in [2.75, 3.05) is 23.3 Å². The van der Waals surface area contributed by atoms with Crippen LogP contribution in [0.1, 0.15) is 57.1 Å². The van der Waals surface area contributed by atoms with Gasteiger partial charge in [-0.25, -0.2) is 4.79 Å². The van der Waals surface area contributed by atoms with E-state index in [2.05, 4.69) is 39.1 Å². The second kappa shape index (κ2) is 8.39. The molecule has 0 bridgehead atoms. The molecular formula is C28H30N4O2. The Hall–Kier alpha value is -3.46. The van der Waals surface area contributed by atoms with Crippen molar-refractivity contribution in [1.82, 2.24) is 4.57 Å². The number of benzene rings is 2. The molecule has 2 aromatic carbocycles. The predicted molar refractivity (Wildman–Crippen MR) is 134 cm³/mol. The van der Waals surface area contributed by atoms with Crippen LogP contribution >= 0.6 is 0 Å².